The molecule has 2 aromatic carbocycles. The van der Waals surface area contributed by atoms with Gasteiger partial charge in [0.25, 0.3) is 11.7 Å². The molecule has 2 saturated carbocycles. The van der Waals surface area contributed by atoms with Gasteiger partial charge in [0.15, 0.2) is 5.78 Å². The van der Waals surface area contributed by atoms with Crippen LogP contribution in [-0.2, 0) is 35.0 Å². The van der Waals surface area contributed by atoms with E-state index in [1.165, 1.54) is 4.90 Å². The molecule has 3 aromatic rings. The Labute approximate surface area is 258 Å². The number of fused-ring (bicyclic) bond motifs is 1. The van der Waals surface area contributed by atoms with E-state index in [1.807, 2.05) is 63.9 Å². The topological polar surface area (TPSA) is 94.4 Å². The number of rotatable bonds is 10. The number of amides is 1. The second-order valence-electron chi connectivity index (χ2n) is 9.32. The summed E-state index contributed by atoms with van der Waals surface area (Å²) in [7, 11) is 0. The number of benzene rings is 2. The van der Waals surface area contributed by atoms with Gasteiger partial charge in [-0.3, -0.25) is 19.1 Å². The molecule has 42 heavy (non-hydrogen) atoms. The number of carbonyl (C=O) groups is 3. The Hall–Kier alpha value is -3.55. The molecule has 1 amide bonds. The van der Waals surface area contributed by atoms with Gasteiger partial charge in [0.2, 0.25) is 0 Å². The summed E-state index contributed by atoms with van der Waals surface area (Å²) in [6, 6.07) is 14.0. The molecule has 210 valence electrons. The van der Waals surface area contributed by atoms with Crippen LogP contribution < -0.4 is 9.64 Å². The van der Waals surface area contributed by atoms with Crippen molar-refractivity contribution in [2.45, 2.75) is 19.6 Å². The van der Waals surface area contributed by atoms with Crippen LogP contribution in [0.2, 0.25) is 0 Å². The van der Waals surface area contributed by atoms with Crippen molar-refractivity contribution in [3.63, 3.8) is 0 Å². The second kappa shape index (κ2) is 15.6. The van der Waals surface area contributed by atoms with Crippen molar-refractivity contribution in [1.29, 1.82) is 0 Å². The third kappa shape index (κ3) is 8.26. The maximum atomic E-state index is 12.3. The smallest absolute Gasteiger partial charge is 0.487 e. The first-order chi connectivity index (χ1) is 20.1. The number of para-hydroxylation sites is 1. The number of hydrogen-bond donors (Lipinski definition) is 0. The zero-order chi connectivity index (χ0) is 28.4. The van der Waals surface area contributed by atoms with Crippen molar-refractivity contribution in [2.75, 3.05) is 11.4 Å². The molecule has 0 atom stereocenters. The zero-order valence-corrected chi connectivity index (χ0v) is 23.8. The Morgan fingerprint density at radius 1 is 0.857 bits per heavy atom. The van der Waals surface area contributed by atoms with Crippen LogP contribution in [0, 0.1) is 63.7 Å². The van der Waals surface area contributed by atoms with Crippen LogP contribution in [0.5, 0.6) is 5.75 Å². The van der Waals surface area contributed by atoms with Gasteiger partial charge < -0.3 is 9.64 Å². The summed E-state index contributed by atoms with van der Waals surface area (Å²) in [5.41, 5.74) is 2.35. The van der Waals surface area contributed by atoms with Crippen LogP contribution in [0.25, 0.3) is 0 Å². The molecule has 0 bridgehead atoms. The minimum Gasteiger partial charge on any atom is -0.487 e. The van der Waals surface area contributed by atoms with Gasteiger partial charge in [-0.05, 0) is 107 Å². The summed E-state index contributed by atoms with van der Waals surface area (Å²) in [5, 5.41) is 8.24. The van der Waals surface area contributed by atoms with E-state index in [2.05, 4.69) is 10.3 Å². The van der Waals surface area contributed by atoms with Crippen LogP contribution in [0.15, 0.2) is 66.9 Å². The molecule has 0 saturated heterocycles. The number of anilines is 1. The Bertz CT molecular complexity index is 1370. The Balaban J connectivity index is 0.000000612. The first kappa shape index (κ1) is 31.4. The van der Waals surface area contributed by atoms with E-state index in [0.29, 0.717) is 47.8 Å². The fourth-order valence-corrected chi connectivity index (χ4v) is 4.34. The van der Waals surface area contributed by atoms with Gasteiger partial charge in [0, 0.05) is 24.6 Å². The number of hydrogen-bond acceptors (Lipinski definition) is 6. The number of ether oxygens (including phenoxy) is 1. The molecule has 0 N–H and O–H groups in total. The molecule has 0 unspecified atom stereocenters. The summed E-state index contributed by atoms with van der Waals surface area (Å²) < 4.78 is 7.46. The fraction of sp³-hybridized carbons (Fsp3) is 0.121. The normalized spacial score (nSPS) is 16.3. The predicted molar refractivity (Wildman–Crippen MR) is 154 cm³/mol. The third-order valence-electron chi connectivity index (χ3n) is 6.43. The summed E-state index contributed by atoms with van der Waals surface area (Å²) in [5.74, 6) is 0.583. The average molecular weight is 600 g/mol. The van der Waals surface area contributed by atoms with Crippen LogP contribution in [-0.4, -0.2) is 39.0 Å². The molecule has 1 aromatic heterocycles. The monoisotopic (exact) mass is 600 g/mol. The standard InChI is InChI=1S/C28H23N4O4.C5H5.Fe/c33-26(15-10-20-6-1-2-7-20)21-11-13-23(14-12-21)36-19-22-18-31(30-29-22)16-5-17-32-25-9-4-3-8-24(25)27(34)28(32)35;1-2-4-5-3-1;/h1-4,6-15,18H,5,16-17,19H2;1-5H;/q;;+2/b15-10+;;. The second-order valence-corrected chi connectivity index (χ2v) is 9.32. The maximum absolute atomic E-state index is 12.3. The molecule has 9 heteroatoms. The predicted octanol–water partition coefficient (Wildman–Crippen LogP) is 4.64. The molecule has 1 aliphatic heterocycles. The van der Waals surface area contributed by atoms with Gasteiger partial charge in [-0.2, -0.15) is 0 Å². The molecule has 6 rings (SSSR count). The molecule has 8 nitrogen and oxygen atoms in total. The van der Waals surface area contributed by atoms with Crippen LogP contribution in [0.3, 0.4) is 0 Å². The first-order valence-corrected chi connectivity index (χ1v) is 13.3. The van der Waals surface area contributed by atoms with E-state index in [4.69, 9.17) is 4.74 Å². The number of nitrogens with zero attached hydrogens (tertiary/aromatic N) is 4. The van der Waals surface area contributed by atoms with Crippen molar-refractivity contribution in [2.24, 2.45) is 0 Å². The number of aromatic nitrogens is 3. The van der Waals surface area contributed by atoms with Crippen molar-refractivity contribution in [3.8, 4) is 5.75 Å². The van der Waals surface area contributed by atoms with Gasteiger partial charge in [0.1, 0.15) is 18.1 Å². The van der Waals surface area contributed by atoms with Gasteiger partial charge in [-0.1, -0.05) is 23.4 Å². The van der Waals surface area contributed by atoms with E-state index in [-0.39, 0.29) is 29.5 Å². The third-order valence-corrected chi connectivity index (χ3v) is 6.43. The number of allylic oxidation sites excluding steroid dienone is 2. The Morgan fingerprint density at radius 3 is 2.26 bits per heavy atom. The fourth-order valence-electron chi connectivity index (χ4n) is 4.34. The van der Waals surface area contributed by atoms with Crippen molar-refractivity contribution in [1.82, 2.24) is 15.0 Å². The zero-order valence-electron chi connectivity index (χ0n) is 22.7. The molecular weight excluding hydrogens is 572 g/mol. The van der Waals surface area contributed by atoms with Crippen molar-refractivity contribution >= 4 is 23.2 Å². The van der Waals surface area contributed by atoms with Crippen LogP contribution in [0.4, 0.5) is 5.69 Å². The molecule has 0 spiro atoms. The minimum absolute atomic E-state index is 0. The summed E-state index contributed by atoms with van der Waals surface area (Å²) >= 11 is 0. The molecule has 2 fully saturated rings. The Morgan fingerprint density at radius 2 is 1.55 bits per heavy atom. The summed E-state index contributed by atoms with van der Waals surface area (Å²) in [6.07, 6.45) is 23.5. The molecule has 2 aliphatic carbocycles. The van der Waals surface area contributed by atoms with E-state index in [1.54, 1.807) is 65.5 Å². The summed E-state index contributed by atoms with van der Waals surface area (Å²) in [4.78, 5) is 38.2. The van der Waals surface area contributed by atoms with Crippen molar-refractivity contribution in [3.05, 3.63) is 147 Å². The molecule has 3 aliphatic rings. The van der Waals surface area contributed by atoms with Gasteiger partial charge in [-0.25, -0.2) is 0 Å². The van der Waals surface area contributed by atoms with Crippen LogP contribution >= 0.6 is 0 Å². The van der Waals surface area contributed by atoms with Crippen molar-refractivity contribution < 1.29 is 36.2 Å². The Kier molecular flexibility index (Phi) is 11.7. The van der Waals surface area contributed by atoms with Gasteiger partial charge in [0.05, 0.1) is 17.4 Å². The minimum atomic E-state index is -0.491. The SMILES string of the molecule is O=C(/C=C/[C]1[CH][CH][CH][CH]1)c1ccc(OCc2cn(CCCN3C(=O)C(=O)c4ccccc43)nn2)cc1.[CH]1[CH][CH][CH][CH]1.[Fe+2]. The van der Waals surface area contributed by atoms with Gasteiger partial charge >= 0.3 is 17.1 Å². The number of carbonyl (C=O) groups excluding carboxylic acids is 3. The van der Waals surface area contributed by atoms with E-state index in [0.717, 1.165) is 5.92 Å². The van der Waals surface area contributed by atoms with E-state index in [9.17, 15) is 14.4 Å². The largest absolute Gasteiger partial charge is 2.00 e. The van der Waals surface area contributed by atoms with E-state index < -0.39 is 11.7 Å². The van der Waals surface area contributed by atoms with Gasteiger partial charge in [-0.15, -0.1) is 5.10 Å². The summed E-state index contributed by atoms with van der Waals surface area (Å²) in [6.45, 7) is 1.19. The number of aryl methyl sites for hydroxylation is 1. The quantitative estimate of drug-likeness (QED) is 0.146. The number of ketones is 2. The number of Topliss-reactive ketones (excluding diaryl/α,β-unsaturated/α-hetero) is 1. The van der Waals surface area contributed by atoms with E-state index >= 15 is 0 Å². The first-order valence-electron chi connectivity index (χ1n) is 13.3. The van der Waals surface area contributed by atoms with Crippen LogP contribution in [0.1, 0.15) is 32.8 Å². The molecule has 10 radical (unpaired) electrons. The molecule has 2 heterocycles. The molecular formula is C33H28FeN4O4+2. The maximum Gasteiger partial charge on any atom is 2.00 e. The average Bonchev–Trinajstić information content (AvgIpc) is 3.83.